The first-order chi connectivity index (χ1) is 13.0. The van der Waals surface area contributed by atoms with Gasteiger partial charge in [-0.1, -0.05) is 36.4 Å². The molecule has 4 aromatic rings. The summed E-state index contributed by atoms with van der Waals surface area (Å²) in [7, 11) is 1.84. The van der Waals surface area contributed by atoms with E-state index in [4.69, 9.17) is 4.98 Å². The lowest BCUT2D eigenvalue weighted by Gasteiger charge is -2.10. The third kappa shape index (κ3) is 3.06. The number of anilines is 1. The van der Waals surface area contributed by atoms with Crippen LogP contribution < -0.4 is 5.32 Å². The van der Waals surface area contributed by atoms with E-state index in [0.29, 0.717) is 17.0 Å². The number of fused-ring (bicyclic) bond motifs is 1. The van der Waals surface area contributed by atoms with Crippen molar-refractivity contribution < 1.29 is 4.79 Å². The summed E-state index contributed by atoms with van der Waals surface area (Å²) in [5.74, 6) is 0.327. The Morgan fingerprint density at radius 1 is 1.07 bits per heavy atom. The molecule has 0 saturated carbocycles. The van der Waals surface area contributed by atoms with Crippen LogP contribution in [0.3, 0.4) is 0 Å². The second kappa shape index (κ2) is 6.64. The standard InChI is InChI=1S/C21H19N5O/c1-13-8-7-11-22-19(13)24-21(27)16-12-17(15-9-5-4-6-10-15)23-20-18(16)14(2)25-26(20)3/h4-12H,1-3H3,(H,22,24,27). The van der Waals surface area contributed by atoms with Gasteiger partial charge in [0, 0.05) is 18.8 Å². The molecule has 1 aromatic carbocycles. The van der Waals surface area contributed by atoms with Gasteiger partial charge in [0.15, 0.2) is 5.65 Å². The van der Waals surface area contributed by atoms with E-state index in [0.717, 1.165) is 27.9 Å². The van der Waals surface area contributed by atoms with Crippen LogP contribution in [-0.2, 0) is 7.05 Å². The highest BCUT2D eigenvalue weighted by Gasteiger charge is 2.20. The Hall–Kier alpha value is -3.54. The fourth-order valence-electron chi connectivity index (χ4n) is 3.17. The van der Waals surface area contributed by atoms with E-state index >= 15 is 0 Å². The smallest absolute Gasteiger partial charge is 0.257 e. The Bertz CT molecular complexity index is 1150. The summed E-state index contributed by atoms with van der Waals surface area (Å²) in [6.07, 6.45) is 1.66. The molecule has 27 heavy (non-hydrogen) atoms. The lowest BCUT2D eigenvalue weighted by atomic mass is 10.0. The molecule has 0 atom stereocenters. The fraction of sp³-hybridized carbons (Fsp3) is 0.143. The normalized spacial score (nSPS) is 10.9. The number of hydrogen-bond donors (Lipinski definition) is 1. The molecule has 1 amide bonds. The number of carbonyl (C=O) groups is 1. The molecule has 0 radical (unpaired) electrons. The maximum atomic E-state index is 13.1. The third-order valence-corrected chi connectivity index (χ3v) is 4.52. The van der Waals surface area contributed by atoms with Crippen LogP contribution in [0.2, 0.25) is 0 Å². The number of carbonyl (C=O) groups excluding carboxylic acids is 1. The summed E-state index contributed by atoms with van der Waals surface area (Å²) < 4.78 is 1.71. The lowest BCUT2D eigenvalue weighted by molar-refractivity contribution is 0.102. The monoisotopic (exact) mass is 357 g/mol. The van der Waals surface area contributed by atoms with Crippen LogP contribution in [0.1, 0.15) is 21.6 Å². The fourth-order valence-corrected chi connectivity index (χ4v) is 3.17. The topological polar surface area (TPSA) is 72.7 Å². The van der Waals surface area contributed by atoms with E-state index in [-0.39, 0.29) is 5.91 Å². The van der Waals surface area contributed by atoms with Gasteiger partial charge in [-0.15, -0.1) is 0 Å². The largest absolute Gasteiger partial charge is 0.306 e. The Morgan fingerprint density at radius 2 is 1.85 bits per heavy atom. The van der Waals surface area contributed by atoms with Gasteiger partial charge in [-0.2, -0.15) is 5.10 Å². The van der Waals surface area contributed by atoms with Gasteiger partial charge in [0.25, 0.3) is 5.91 Å². The highest BCUT2D eigenvalue weighted by atomic mass is 16.1. The molecule has 0 aliphatic rings. The predicted octanol–water partition coefficient (Wildman–Crippen LogP) is 3.90. The minimum absolute atomic E-state index is 0.225. The van der Waals surface area contributed by atoms with Crippen LogP contribution in [0, 0.1) is 13.8 Å². The van der Waals surface area contributed by atoms with Gasteiger partial charge in [0.05, 0.1) is 22.3 Å². The number of rotatable bonds is 3. The molecule has 3 heterocycles. The van der Waals surface area contributed by atoms with E-state index in [1.54, 1.807) is 10.9 Å². The zero-order valence-electron chi connectivity index (χ0n) is 15.4. The van der Waals surface area contributed by atoms with Crippen molar-refractivity contribution in [2.75, 3.05) is 5.32 Å². The van der Waals surface area contributed by atoms with Crippen LogP contribution in [-0.4, -0.2) is 25.7 Å². The first-order valence-electron chi connectivity index (χ1n) is 8.67. The first kappa shape index (κ1) is 16.9. The molecule has 6 nitrogen and oxygen atoms in total. The molecule has 0 aliphatic heterocycles. The molecular weight excluding hydrogens is 338 g/mol. The van der Waals surface area contributed by atoms with Gasteiger partial charge >= 0.3 is 0 Å². The summed E-state index contributed by atoms with van der Waals surface area (Å²) >= 11 is 0. The quantitative estimate of drug-likeness (QED) is 0.603. The van der Waals surface area contributed by atoms with E-state index in [1.807, 2.05) is 69.4 Å². The van der Waals surface area contributed by atoms with Crippen molar-refractivity contribution in [3.63, 3.8) is 0 Å². The van der Waals surface area contributed by atoms with Crippen molar-refractivity contribution in [3.8, 4) is 11.3 Å². The molecule has 0 aliphatic carbocycles. The second-order valence-electron chi connectivity index (χ2n) is 6.45. The van der Waals surface area contributed by atoms with E-state index in [9.17, 15) is 4.79 Å². The number of amides is 1. The van der Waals surface area contributed by atoms with Gasteiger partial charge in [-0.05, 0) is 31.5 Å². The van der Waals surface area contributed by atoms with Crippen LogP contribution in [0.25, 0.3) is 22.3 Å². The van der Waals surface area contributed by atoms with Crippen molar-refractivity contribution in [2.45, 2.75) is 13.8 Å². The Labute approximate surface area is 156 Å². The molecule has 0 spiro atoms. The van der Waals surface area contributed by atoms with Crippen LogP contribution in [0.4, 0.5) is 5.82 Å². The molecule has 1 N–H and O–H groups in total. The highest BCUT2D eigenvalue weighted by Crippen LogP contribution is 2.27. The number of aryl methyl sites for hydroxylation is 3. The molecule has 0 fully saturated rings. The van der Waals surface area contributed by atoms with Crippen LogP contribution in [0.5, 0.6) is 0 Å². The van der Waals surface area contributed by atoms with E-state index < -0.39 is 0 Å². The maximum Gasteiger partial charge on any atom is 0.257 e. The first-order valence-corrected chi connectivity index (χ1v) is 8.67. The Kier molecular flexibility index (Phi) is 4.16. The SMILES string of the molecule is Cc1cccnc1NC(=O)c1cc(-c2ccccc2)nc2c1c(C)nn2C. The van der Waals surface area contributed by atoms with Crippen molar-refractivity contribution >= 4 is 22.8 Å². The average Bonchev–Trinajstić information content (AvgIpc) is 2.97. The predicted molar refractivity (Wildman–Crippen MR) is 106 cm³/mol. The number of pyridine rings is 2. The summed E-state index contributed by atoms with van der Waals surface area (Å²) in [6.45, 7) is 3.80. The van der Waals surface area contributed by atoms with Crippen LogP contribution >= 0.6 is 0 Å². The maximum absolute atomic E-state index is 13.1. The molecule has 3 aromatic heterocycles. The lowest BCUT2D eigenvalue weighted by Crippen LogP contribution is -2.15. The second-order valence-corrected chi connectivity index (χ2v) is 6.45. The Balaban J connectivity index is 1.88. The third-order valence-electron chi connectivity index (χ3n) is 4.52. The van der Waals surface area contributed by atoms with Crippen LogP contribution in [0.15, 0.2) is 54.7 Å². The molecule has 0 saturated heterocycles. The molecule has 6 heteroatoms. The van der Waals surface area contributed by atoms with E-state index in [1.165, 1.54) is 0 Å². The van der Waals surface area contributed by atoms with Crippen molar-refractivity contribution in [3.05, 3.63) is 71.5 Å². The molecule has 0 unspecified atom stereocenters. The number of benzene rings is 1. The number of hydrogen-bond acceptors (Lipinski definition) is 4. The summed E-state index contributed by atoms with van der Waals surface area (Å²) in [4.78, 5) is 22.1. The number of nitrogens with one attached hydrogen (secondary N) is 1. The highest BCUT2D eigenvalue weighted by molar-refractivity contribution is 6.13. The number of nitrogens with zero attached hydrogens (tertiary/aromatic N) is 4. The zero-order chi connectivity index (χ0) is 19.0. The summed E-state index contributed by atoms with van der Waals surface area (Å²) in [5, 5.41) is 8.12. The van der Waals surface area contributed by atoms with Gasteiger partial charge in [-0.3, -0.25) is 9.48 Å². The van der Waals surface area contributed by atoms with E-state index in [2.05, 4.69) is 15.4 Å². The summed E-state index contributed by atoms with van der Waals surface area (Å²) in [6, 6.07) is 15.4. The molecular formula is C21H19N5O. The minimum Gasteiger partial charge on any atom is -0.306 e. The Morgan fingerprint density at radius 3 is 2.59 bits per heavy atom. The van der Waals surface area contributed by atoms with Gasteiger partial charge in [0.2, 0.25) is 0 Å². The average molecular weight is 357 g/mol. The molecule has 134 valence electrons. The van der Waals surface area contributed by atoms with Gasteiger partial charge in [-0.25, -0.2) is 9.97 Å². The molecule has 4 rings (SSSR count). The van der Waals surface area contributed by atoms with Crippen molar-refractivity contribution in [1.29, 1.82) is 0 Å². The van der Waals surface area contributed by atoms with Gasteiger partial charge in [0.1, 0.15) is 5.82 Å². The van der Waals surface area contributed by atoms with Crippen molar-refractivity contribution in [2.24, 2.45) is 7.05 Å². The zero-order valence-corrected chi connectivity index (χ0v) is 15.4. The summed E-state index contributed by atoms with van der Waals surface area (Å²) in [5.41, 5.74) is 4.56. The molecule has 0 bridgehead atoms. The number of aromatic nitrogens is 4. The van der Waals surface area contributed by atoms with Crippen molar-refractivity contribution in [1.82, 2.24) is 19.7 Å². The van der Waals surface area contributed by atoms with Gasteiger partial charge < -0.3 is 5.32 Å². The minimum atomic E-state index is -0.225.